The van der Waals surface area contributed by atoms with Crippen LogP contribution in [0.15, 0.2) is 12.3 Å². The predicted octanol–water partition coefficient (Wildman–Crippen LogP) is 1.02. The average Bonchev–Trinajstić information content (AvgIpc) is 2.25. The molecule has 0 radical (unpaired) electrons. The summed E-state index contributed by atoms with van der Waals surface area (Å²) in [6, 6.07) is 1.45. The number of rotatable bonds is 6. The lowest BCUT2D eigenvalue weighted by Crippen LogP contribution is -2.43. The van der Waals surface area contributed by atoms with Crippen molar-refractivity contribution < 1.29 is 10.0 Å². The van der Waals surface area contributed by atoms with E-state index in [0.29, 0.717) is 24.5 Å². The van der Waals surface area contributed by atoms with Gasteiger partial charge in [0.25, 0.3) is 5.69 Å². The molecule has 1 aromatic rings. The van der Waals surface area contributed by atoms with E-state index in [-0.39, 0.29) is 5.69 Å². The number of nitrogens with one attached hydrogen (secondary N) is 1. The third-order valence-electron chi connectivity index (χ3n) is 2.57. The minimum atomic E-state index is -0.903. The number of aryl methyl sites for hydroxylation is 1. The SMILES string of the molecule is Cc1cc([N+](=O)[O-])cnc1NCC(C)(O)CN(C)C. The fraction of sp³-hybridized carbons (Fsp3) is 0.583. The Morgan fingerprint density at radius 2 is 2.21 bits per heavy atom. The van der Waals surface area contributed by atoms with Crippen molar-refractivity contribution in [2.24, 2.45) is 0 Å². The predicted molar refractivity (Wildman–Crippen MR) is 73.3 cm³/mol. The molecule has 0 bridgehead atoms. The molecule has 0 aliphatic heterocycles. The third-order valence-corrected chi connectivity index (χ3v) is 2.57. The maximum Gasteiger partial charge on any atom is 0.287 e. The molecule has 1 aromatic heterocycles. The number of aromatic nitrogens is 1. The Balaban J connectivity index is 2.71. The van der Waals surface area contributed by atoms with E-state index in [4.69, 9.17) is 0 Å². The van der Waals surface area contributed by atoms with Gasteiger partial charge in [-0.25, -0.2) is 4.98 Å². The molecule has 0 spiro atoms. The van der Waals surface area contributed by atoms with Gasteiger partial charge in [-0.3, -0.25) is 10.1 Å². The molecule has 2 N–H and O–H groups in total. The van der Waals surface area contributed by atoms with Crippen molar-refractivity contribution in [1.82, 2.24) is 9.88 Å². The van der Waals surface area contributed by atoms with E-state index < -0.39 is 10.5 Å². The van der Waals surface area contributed by atoms with Crippen LogP contribution in [0.1, 0.15) is 12.5 Å². The van der Waals surface area contributed by atoms with Gasteiger partial charge in [0.15, 0.2) is 0 Å². The summed E-state index contributed by atoms with van der Waals surface area (Å²) < 4.78 is 0. The summed E-state index contributed by atoms with van der Waals surface area (Å²) in [5.74, 6) is 0.546. The van der Waals surface area contributed by atoms with E-state index in [9.17, 15) is 15.2 Å². The number of nitro groups is 1. The Kier molecular flexibility index (Phi) is 4.79. The Bertz CT molecular complexity index is 460. The van der Waals surface area contributed by atoms with Crippen molar-refractivity contribution in [3.8, 4) is 0 Å². The molecule has 7 heteroatoms. The molecular formula is C12H20N4O3. The molecule has 106 valence electrons. The Labute approximate surface area is 112 Å². The highest BCUT2D eigenvalue weighted by Gasteiger charge is 2.21. The molecule has 1 heterocycles. The fourth-order valence-electron chi connectivity index (χ4n) is 1.86. The Morgan fingerprint density at radius 3 is 2.68 bits per heavy atom. The van der Waals surface area contributed by atoms with Crippen molar-refractivity contribution in [1.29, 1.82) is 0 Å². The molecule has 1 rings (SSSR count). The van der Waals surface area contributed by atoms with Crippen LogP contribution < -0.4 is 5.32 Å². The molecule has 0 aliphatic rings. The lowest BCUT2D eigenvalue weighted by atomic mass is 10.1. The highest BCUT2D eigenvalue weighted by Crippen LogP contribution is 2.18. The summed E-state index contributed by atoms with van der Waals surface area (Å²) in [7, 11) is 3.76. The summed E-state index contributed by atoms with van der Waals surface area (Å²) in [6.07, 6.45) is 1.20. The normalized spacial score (nSPS) is 14.2. The first-order chi connectivity index (χ1) is 8.71. The minimum absolute atomic E-state index is 0.0388. The van der Waals surface area contributed by atoms with Crippen LogP contribution in [0.25, 0.3) is 0 Å². The first-order valence-electron chi connectivity index (χ1n) is 5.93. The zero-order valence-corrected chi connectivity index (χ0v) is 11.7. The second kappa shape index (κ2) is 5.94. The van der Waals surface area contributed by atoms with E-state index in [1.165, 1.54) is 12.3 Å². The zero-order chi connectivity index (χ0) is 14.6. The molecular weight excluding hydrogens is 248 g/mol. The number of likely N-dealkylation sites (N-methyl/N-ethyl adjacent to an activating group) is 1. The van der Waals surface area contributed by atoms with Gasteiger partial charge in [-0.05, 0) is 33.5 Å². The van der Waals surface area contributed by atoms with Crippen molar-refractivity contribution >= 4 is 11.5 Å². The second-order valence-corrected chi connectivity index (χ2v) is 5.20. The highest BCUT2D eigenvalue weighted by molar-refractivity contribution is 5.48. The summed E-state index contributed by atoms with van der Waals surface area (Å²) >= 11 is 0. The van der Waals surface area contributed by atoms with E-state index in [1.807, 2.05) is 19.0 Å². The van der Waals surface area contributed by atoms with Crippen LogP contribution in [0.5, 0.6) is 0 Å². The monoisotopic (exact) mass is 268 g/mol. The maximum absolute atomic E-state index is 10.6. The fourth-order valence-corrected chi connectivity index (χ4v) is 1.86. The standard InChI is InChI=1S/C12H20N4O3/c1-9-5-10(16(18)19)6-13-11(9)14-7-12(2,17)8-15(3)4/h5-6,17H,7-8H2,1-4H3,(H,13,14). The van der Waals surface area contributed by atoms with Gasteiger partial charge in [-0.15, -0.1) is 0 Å². The van der Waals surface area contributed by atoms with Crippen LogP contribution in [-0.2, 0) is 0 Å². The maximum atomic E-state index is 10.6. The molecule has 0 amide bonds. The van der Waals surface area contributed by atoms with Gasteiger partial charge >= 0.3 is 0 Å². The number of nitrogens with zero attached hydrogens (tertiary/aromatic N) is 3. The third kappa shape index (κ3) is 4.80. The van der Waals surface area contributed by atoms with E-state index in [1.54, 1.807) is 13.8 Å². The highest BCUT2D eigenvalue weighted by atomic mass is 16.6. The molecule has 0 fully saturated rings. The lowest BCUT2D eigenvalue weighted by molar-refractivity contribution is -0.385. The second-order valence-electron chi connectivity index (χ2n) is 5.20. The Morgan fingerprint density at radius 1 is 1.58 bits per heavy atom. The first-order valence-corrected chi connectivity index (χ1v) is 5.93. The van der Waals surface area contributed by atoms with Gasteiger partial charge in [-0.1, -0.05) is 0 Å². The quantitative estimate of drug-likeness (QED) is 0.591. The van der Waals surface area contributed by atoms with Crippen molar-refractivity contribution in [2.75, 3.05) is 32.5 Å². The summed E-state index contributed by atoms with van der Waals surface area (Å²) in [5.41, 5.74) is -0.266. The average molecular weight is 268 g/mol. The van der Waals surface area contributed by atoms with Crippen LogP contribution in [0, 0.1) is 17.0 Å². The Hall–Kier alpha value is -1.73. The smallest absolute Gasteiger partial charge is 0.287 e. The summed E-state index contributed by atoms with van der Waals surface area (Å²) in [6.45, 7) is 4.28. The number of pyridine rings is 1. The molecule has 0 saturated heterocycles. The summed E-state index contributed by atoms with van der Waals surface area (Å²) in [5, 5.41) is 23.8. The van der Waals surface area contributed by atoms with Gasteiger partial charge in [-0.2, -0.15) is 0 Å². The van der Waals surface area contributed by atoms with Crippen LogP contribution >= 0.6 is 0 Å². The molecule has 0 saturated carbocycles. The minimum Gasteiger partial charge on any atom is -0.387 e. The topological polar surface area (TPSA) is 91.5 Å². The molecule has 0 aromatic carbocycles. The van der Waals surface area contributed by atoms with Gasteiger partial charge < -0.3 is 15.3 Å². The van der Waals surface area contributed by atoms with E-state index in [0.717, 1.165) is 0 Å². The number of aliphatic hydroxyl groups is 1. The molecule has 1 unspecified atom stereocenters. The molecule has 7 nitrogen and oxygen atoms in total. The molecule has 0 aliphatic carbocycles. The zero-order valence-electron chi connectivity index (χ0n) is 11.7. The van der Waals surface area contributed by atoms with E-state index >= 15 is 0 Å². The van der Waals surface area contributed by atoms with Crippen LogP contribution in [0.2, 0.25) is 0 Å². The summed E-state index contributed by atoms with van der Waals surface area (Å²) in [4.78, 5) is 16.0. The van der Waals surface area contributed by atoms with Crippen LogP contribution in [-0.4, -0.2) is 52.7 Å². The van der Waals surface area contributed by atoms with Gasteiger partial charge in [0.2, 0.25) is 0 Å². The lowest BCUT2D eigenvalue weighted by Gasteiger charge is -2.27. The van der Waals surface area contributed by atoms with Crippen LogP contribution in [0.3, 0.4) is 0 Å². The van der Waals surface area contributed by atoms with Crippen LogP contribution in [0.4, 0.5) is 11.5 Å². The number of hydrogen-bond donors (Lipinski definition) is 2. The van der Waals surface area contributed by atoms with Crippen molar-refractivity contribution in [3.05, 3.63) is 27.9 Å². The first kappa shape index (κ1) is 15.3. The van der Waals surface area contributed by atoms with Crippen molar-refractivity contribution in [2.45, 2.75) is 19.4 Å². The molecule has 1 atom stereocenters. The van der Waals surface area contributed by atoms with Gasteiger partial charge in [0, 0.05) is 19.2 Å². The van der Waals surface area contributed by atoms with Gasteiger partial charge in [0.05, 0.1) is 10.5 Å². The number of hydrogen-bond acceptors (Lipinski definition) is 6. The number of anilines is 1. The van der Waals surface area contributed by atoms with E-state index in [2.05, 4.69) is 10.3 Å². The van der Waals surface area contributed by atoms with Crippen molar-refractivity contribution in [3.63, 3.8) is 0 Å². The largest absolute Gasteiger partial charge is 0.387 e. The van der Waals surface area contributed by atoms with Gasteiger partial charge in [0.1, 0.15) is 12.0 Å². The molecule has 19 heavy (non-hydrogen) atoms.